The van der Waals surface area contributed by atoms with E-state index in [0.717, 1.165) is 5.56 Å². The van der Waals surface area contributed by atoms with Gasteiger partial charge in [0.2, 0.25) is 0 Å². The molecule has 0 aliphatic rings. The molecule has 0 radical (unpaired) electrons. The number of nitrogens with zero attached hydrogens (tertiary/aromatic N) is 1. The van der Waals surface area contributed by atoms with Gasteiger partial charge in [-0.05, 0) is 29.8 Å². The number of amides is 3. The number of hydrogen-bond acceptors (Lipinski definition) is 4. The van der Waals surface area contributed by atoms with E-state index in [0.29, 0.717) is 16.4 Å². The molecule has 7 nitrogen and oxygen atoms in total. The van der Waals surface area contributed by atoms with Gasteiger partial charge in [-0.15, -0.1) is 0 Å². The number of rotatable bonds is 6. The summed E-state index contributed by atoms with van der Waals surface area (Å²) in [7, 11) is 0. The number of benzene rings is 2. The van der Waals surface area contributed by atoms with Gasteiger partial charge < -0.3 is 15.1 Å². The summed E-state index contributed by atoms with van der Waals surface area (Å²) in [5.41, 5.74) is 4.10. The lowest BCUT2D eigenvalue weighted by molar-refractivity contribution is 0.0932. The van der Waals surface area contributed by atoms with E-state index in [1.165, 1.54) is 6.26 Å². The largest absolute Gasteiger partial charge is 0.459 e. The highest BCUT2D eigenvalue weighted by molar-refractivity contribution is 6.33. The van der Waals surface area contributed by atoms with Crippen molar-refractivity contribution in [2.45, 2.75) is 0 Å². The molecule has 0 saturated heterocycles. The first kappa shape index (κ1) is 19.2. The Morgan fingerprint density at radius 2 is 1.71 bits per heavy atom. The van der Waals surface area contributed by atoms with Gasteiger partial charge in [-0.1, -0.05) is 54.1 Å². The second-order valence-corrected chi connectivity index (χ2v) is 6.04. The van der Waals surface area contributed by atoms with Gasteiger partial charge in [-0.2, -0.15) is 5.10 Å². The van der Waals surface area contributed by atoms with Gasteiger partial charge in [0.25, 0.3) is 5.91 Å². The molecule has 142 valence electrons. The molecule has 0 atom stereocenters. The van der Waals surface area contributed by atoms with Gasteiger partial charge in [0, 0.05) is 0 Å². The Bertz CT molecular complexity index is 972. The molecule has 3 N–H and O–H groups in total. The molecule has 3 aromatic rings. The summed E-state index contributed by atoms with van der Waals surface area (Å²) >= 11 is 6.03. The van der Waals surface area contributed by atoms with Gasteiger partial charge >= 0.3 is 6.03 Å². The van der Waals surface area contributed by atoms with Crippen molar-refractivity contribution in [3.05, 3.63) is 89.3 Å². The van der Waals surface area contributed by atoms with Gasteiger partial charge in [0.05, 0.1) is 29.2 Å². The maximum absolute atomic E-state index is 12.1. The maximum Gasteiger partial charge on any atom is 0.339 e. The molecule has 1 aromatic heterocycles. The number of halogens is 1. The zero-order chi connectivity index (χ0) is 19.8. The lowest BCUT2D eigenvalue weighted by Crippen LogP contribution is -2.32. The number of urea groups is 1. The fourth-order valence-corrected chi connectivity index (χ4v) is 2.51. The van der Waals surface area contributed by atoms with Crippen molar-refractivity contribution in [2.75, 3.05) is 11.9 Å². The van der Waals surface area contributed by atoms with Crippen molar-refractivity contribution in [3.8, 4) is 0 Å². The SMILES string of the molecule is O=C(N/N=C(/CNC(=O)c1ccco1)c1ccccc1)Nc1ccccc1Cl. The average molecular weight is 397 g/mol. The molecule has 0 spiro atoms. The molecular weight excluding hydrogens is 380 g/mol. The highest BCUT2D eigenvalue weighted by Gasteiger charge is 2.11. The predicted molar refractivity (Wildman–Crippen MR) is 108 cm³/mol. The fourth-order valence-electron chi connectivity index (χ4n) is 2.33. The van der Waals surface area contributed by atoms with Crippen LogP contribution in [0.5, 0.6) is 0 Å². The molecule has 1 heterocycles. The Morgan fingerprint density at radius 3 is 2.43 bits per heavy atom. The Labute approximate surface area is 166 Å². The third kappa shape index (κ3) is 5.21. The molecule has 8 heteroatoms. The normalized spacial score (nSPS) is 11.0. The summed E-state index contributed by atoms with van der Waals surface area (Å²) in [6.45, 7) is 0.0932. The van der Waals surface area contributed by atoms with E-state index in [1.54, 1.807) is 36.4 Å². The minimum Gasteiger partial charge on any atom is -0.459 e. The summed E-state index contributed by atoms with van der Waals surface area (Å²) in [6.07, 6.45) is 1.42. The standard InChI is InChI=1S/C20H17ClN4O3/c21-15-9-4-5-10-16(15)23-20(27)25-24-17(14-7-2-1-3-8-14)13-22-19(26)18-11-6-12-28-18/h1-12H,13H2,(H,22,26)(H2,23,25,27)/b24-17-. The fraction of sp³-hybridized carbons (Fsp3) is 0.0500. The van der Waals surface area contributed by atoms with E-state index in [-0.39, 0.29) is 18.2 Å². The Hall–Kier alpha value is -3.58. The van der Waals surface area contributed by atoms with Crippen molar-refractivity contribution < 1.29 is 14.0 Å². The number of carbonyl (C=O) groups excluding carboxylic acids is 2. The minimum absolute atomic E-state index is 0.0932. The lowest BCUT2D eigenvalue weighted by Gasteiger charge is -2.10. The average Bonchev–Trinajstić information content (AvgIpc) is 3.25. The number of furan rings is 1. The number of carbonyl (C=O) groups is 2. The molecule has 0 fully saturated rings. The third-order valence-corrected chi connectivity index (χ3v) is 4.01. The van der Waals surface area contributed by atoms with Gasteiger partial charge in [0.1, 0.15) is 0 Å². The number of hydrogen-bond donors (Lipinski definition) is 3. The van der Waals surface area contributed by atoms with Crippen LogP contribution in [-0.2, 0) is 0 Å². The first-order valence-corrected chi connectivity index (χ1v) is 8.76. The Balaban J connectivity index is 1.68. The second kappa shape index (κ2) is 9.38. The van der Waals surface area contributed by atoms with Crippen LogP contribution in [0.25, 0.3) is 0 Å². The van der Waals surface area contributed by atoms with E-state index < -0.39 is 6.03 Å². The molecule has 0 unspecified atom stereocenters. The molecule has 3 amide bonds. The predicted octanol–water partition coefficient (Wildman–Crippen LogP) is 3.89. The summed E-state index contributed by atoms with van der Waals surface area (Å²) in [5.74, 6) is -0.189. The molecule has 2 aromatic carbocycles. The van der Waals surface area contributed by atoms with E-state index in [1.807, 2.05) is 30.3 Å². The van der Waals surface area contributed by atoms with Crippen LogP contribution in [0.4, 0.5) is 10.5 Å². The number of hydrazone groups is 1. The van der Waals surface area contributed by atoms with Gasteiger partial charge in [0.15, 0.2) is 5.76 Å². The smallest absolute Gasteiger partial charge is 0.339 e. The first-order valence-electron chi connectivity index (χ1n) is 8.38. The number of para-hydroxylation sites is 1. The number of anilines is 1. The highest BCUT2D eigenvalue weighted by Crippen LogP contribution is 2.20. The van der Waals surface area contributed by atoms with E-state index in [2.05, 4.69) is 21.2 Å². The molecule has 0 bridgehead atoms. The number of nitrogens with one attached hydrogen (secondary N) is 3. The first-order chi connectivity index (χ1) is 13.6. The maximum atomic E-state index is 12.1. The molecule has 0 aliphatic carbocycles. The molecule has 0 aliphatic heterocycles. The van der Waals surface area contributed by atoms with Crippen molar-refractivity contribution in [1.29, 1.82) is 0 Å². The quantitative estimate of drug-likeness (QED) is 0.435. The molecule has 0 saturated carbocycles. The zero-order valence-electron chi connectivity index (χ0n) is 14.7. The second-order valence-electron chi connectivity index (χ2n) is 5.63. The van der Waals surface area contributed by atoms with Crippen LogP contribution >= 0.6 is 11.6 Å². The van der Waals surface area contributed by atoms with Crippen LogP contribution in [0.2, 0.25) is 5.02 Å². The summed E-state index contributed by atoms with van der Waals surface area (Å²) < 4.78 is 5.06. The molecular formula is C20H17ClN4O3. The summed E-state index contributed by atoms with van der Waals surface area (Å²) in [5, 5.41) is 9.87. The van der Waals surface area contributed by atoms with E-state index in [9.17, 15) is 9.59 Å². The van der Waals surface area contributed by atoms with E-state index in [4.69, 9.17) is 16.0 Å². The molecule has 28 heavy (non-hydrogen) atoms. The third-order valence-electron chi connectivity index (χ3n) is 3.68. The monoisotopic (exact) mass is 396 g/mol. The van der Waals surface area contributed by atoms with Gasteiger partial charge in [-0.3, -0.25) is 4.79 Å². The van der Waals surface area contributed by atoms with Crippen molar-refractivity contribution in [2.24, 2.45) is 5.10 Å². The zero-order valence-corrected chi connectivity index (χ0v) is 15.4. The van der Waals surface area contributed by atoms with Crippen LogP contribution in [0, 0.1) is 0 Å². The van der Waals surface area contributed by atoms with E-state index >= 15 is 0 Å². The van der Waals surface area contributed by atoms with Crippen LogP contribution in [0.1, 0.15) is 16.1 Å². The molecule has 3 rings (SSSR count). The lowest BCUT2D eigenvalue weighted by atomic mass is 10.1. The summed E-state index contributed by atoms with van der Waals surface area (Å²) in [6, 6.07) is 18.7. The topological polar surface area (TPSA) is 95.7 Å². The van der Waals surface area contributed by atoms with Crippen LogP contribution < -0.4 is 16.1 Å². The van der Waals surface area contributed by atoms with Crippen LogP contribution in [0.3, 0.4) is 0 Å². The van der Waals surface area contributed by atoms with Gasteiger partial charge in [-0.25, -0.2) is 10.2 Å². The summed E-state index contributed by atoms with van der Waals surface area (Å²) in [4.78, 5) is 24.2. The van der Waals surface area contributed by atoms with Crippen molar-refractivity contribution in [1.82, 2.24) is 10.7 Å². The van der Waals surface area contributed by atoms with Crippen LogP contribution in [0.15, 0.2) is 82.5 Å². The van der Waals surface area contributed by atoms with Crippen molar-refractivity contribution in [3.63, 3.8) is 0 Å². The minimum atomic E-state index is -0.557. The van der Waals surface area contributed by atoms with Crippen molar-refractivity contribution >= 4 is 34.9 Å². The van der Waals surface area contributed by atoms with Crippen LogP contribution in [-0.4, -0.2) is 24.2 Å². The Kier molecular flexibility index (Phi) is 6.43. The Morgan fingerprint density at radius 1 is 0.964 bits per heavy atom. The highest BCUT2D eigenvalue weighted by atomic mass is 35.5.